The Balaban J connectivity index is 5.20. The van der Waals surface area contributed by atoms with Gasteiger partial charge in [-0.3, -0.25) is 0 Å². The number of rotatable bonds is 14. The van der Waals surface area contributed by atoms with Crippen molar-refractivity contribution >= 4 is 49.0 Å². The Bertz CT molecular complexity index is 549. The molecule has 0 saturated heterocycles. The quantitative estimate of drug-likeness (QED) is 0.142. The van der Waals surface area contributed by atoms with Gasteiger partial charge in [-0.2, -0.15) is 0 Å². The molecule has 0 aromatic carbocycles. The normalized spacial score (nSPS) is 16.2. The zero-order valence-corrected chi connectivity index (χ0v) is 25.7. The summed E-state index contributed by atoms with van der Waals surface area (Å²) in [6.07, 6.45) is 0.689. The lowest BCUT2D eigenvalue weighted by Gasteiger charge is -2.40. The fraction of sp³-hybridized carbons (Fsp3) is 0.833. The van der Waals surface area contributed by atoms with Gasteiger partial charge in [0.2, 0.25) is 0 Å². The topological polar surface area (TPSA) is 63.2 Å². The zero-order chi connectivity index (χ0) is 23.1. The number of hydrogen-bond donors (Lipinski definition) is 0. The molecule has 29 heavy (non-hydrogen) atoms. The van der Waals surface area contributed by atoms with Crippen LogP contribution in [0.5, 0.6) is 0 Å². The molecule has 0 bridgehead atoms. The number of carbonyl (C=O) groups excluding carboxylic acids is 1. The van der Waals surface area contributed by atoms with Crippen molar-refractivity contribution in [1.29, 1.82) is 0 Å². The van der Waals surface area contributed by atoms with Crippen molar-refractivity contribution in [2.75, 3.05) is 6.61 Å². The van der Waals surface area contributed by atoms with Crippen LogP contribution in [0.4, 0.5) is 0 Å². The van der Waals surface area contributed by atoms with Crippen molar-refractivity contribution in [3.8, 4) is 0 Å². The van der Waals surface area contributed by atoms with Gasteiger partial charge in [-0.05, 0) is 84.4 Å². The Labute approximate surface area is 184 Å². The second-order valence-corrected chi connectivity index (χ2v) is 28.5. The maximum Gasteiger partial charge on any atom is 0.333 e. The second kappa shape index (κ2) is 11.7. The maximum absolute atomic E-state index is 11.6. The van der Waals surface area contributed by atoms with E-state index >= 15 is 0 Å². The van der Waals surface area contributed by atoms with Crippen LogP contribution in [0.3, 0.4) is 0 Å². The van der Waals surface area contributed by atoms with Gasteiger partial charge in [-0.1, -0.05) is 13.5 Å². The molecule has 0 aromatic rings. The highest BCUT2D eigenvalue weighted by Gasteiger charge is 2.44. The highest BCUT2D eigenvalue weighted by Crippen LogP contribution is 2.27. The molecule has 0 spiro atoms. The maximum atomic E-state index is 11.6. The fourth-order valence-corrected chi connectivity index (χ4v) is 23.3. The lowest BCUT2D eigenvalue weighted by atomic mass is 10.4. The van der Waals surface area contributed by atoms with E-state index in [0.29, 0.717) is 18.6 Å². The van der Waals surface area contributed by atoms with Gasteiger partial charge in [0.05, 0.1) is 6.61 Å². The molecule has 0 aliphatic carbocycles. The first-order chi connectivity index (χ1) is 12.9. The van der Waals surface area contributed by atoms with Gasteiger partial charge in [0, 0.05) is 5.57 Å². The SMILES string of the molecule is C=C(C)C(=O)OCCC[Si](C)(O[SiH](C)O[Si](C)(C)C)O[Si](C)(C)O[Si](C)(C)CC. The van der Waals surface area contributed by atoms with E-state index in [1.165, 1.54) is 0 Å². The van der Waals surface area contributed by atoms with Gasteiger partial charge in [-0.25, -0.2) is 4.79 Å². The Morgan fingerprint density at radius 3 is 1.97 bits per heavy atom. The Morgan fingerprint density at radius 2 is 1.52 bits per heavy atom. The highest BCUT2D eigenvalue weighted by atomic mass is 28.5. The molecular weight excluding hydrogens is 453 g/mol. The van der Waals surface area contributed by atoms with Crippen LogP contribution in [0.2, 0.25) is 71.0 Å². The monoisotopic (exact) mass is 496 g/mol. The number of ether oxygens (including phenoxy) is 1. The summed E-state index contributed by atoms with van der Waals surface area (Å²) >= 11 is 0. The standard InChI is InChI=1S/C18H44O6Si5/c1-13-27(8,9)23-28(10,11)24-29(12,22-25(4)21-26(5,6)7)16-14-15-20-18(19)17(2)3/h25H,2,13-16H2,1,3-12H3. The molecule has 6 nitrogen and oxygen atoms in total. The predicted octanol–water partition coefficient (Wildman–Crippen LogP) is 5.25. The minimum Gasteiger partial charge on any atom is -0.462 e. The smallest absolute Gasteiger partial charge is 0.333 e. The van der Waals surface area contributed by atoms with Crippen LogP contribution in [0.15, 0.2) is 12.2 Å². The molecule has 172 valence electrons. The number of hydrogen-bond acceptors (Lipinski definition) is 6. The fourth-order valence-electron chi connectivity index (χ4n) is 2.97. The first-order valence-electron chi connectivity index (χ1n) is 10.5. The van der Waals surface area contributed by atoms with Crippen LogP contribution in [0, 0.1) is 0 Å². The highest BCUT2D eigenvalue weighted by molar-refractivity contribution is 6.88. The van der Waals surface area contributed by atoms with Gasteiger partial charge in [0.1, 0.15) is 0 Å². The predicted molar refractivity (Wildman–Crippen MR) is 133 cm³/mol. The van der Waals surface area contributed by atoms with Crippen molar-refractivity contribution in [3.05, 3.63) is 12.2 Å². The van der Waals surface area contributed by atoms with Gasteiger partial charge in [-0.15, -0.1) is 0 Å². The van der Waals surface area contributed by atoms with E-state index in [4.69, 9.17) is 21.2 Å². The Hall–Kier alpha value is 0.134. The lowest BCUT2D eigenvalue weighted by Crippen LogP contribution is -2.56. The second-order valence-electron chi connectivity index (χ2n) is 9.79. The van der Waals surface area contributed by atoms with Crippen LogP contribution < -0.4 is 0 Å². The van der Waals surface area contributed by atoms with Gasteiger partial charge in [0.15, 0.2) is 16.6 Å². The molecule has 0 saturated carbocycles. The average molecular weight is 497 g/mol. The van der Waals surface area contributed by atoms with Crippen LogP contribution in [-0.4, -0.2) is 55.6 Å². The van der Waals surface area contributed by atoms with E-state index in [-0.39, 0.29) is 5.97 Å². The molecule has 0 fully saturated rings. The van der Waals surface area contributed by atoms with Crippen molar-refractivity contribution in [2.45, 2.75) is 91.3 Å². The largest absolute Gasteiger partial charge is 0.462 e. The van der Waals surface area contributed by atoms with Crippen LogP contribution in [-0.2, 0) is 26.0 Å². The first-order valence-corrected chi connectivity index (χ1v) is 24.4. The summed E-state index contributed by atoms with van der Waals surface area (Å²) in [5, 5.41) is 0. The summed E-state index contributed by atoms with van der Waals surface area (Å²) in [5.41, 5.74) is 0.413. The molecule has 0 radical (unpaired) electrons. The summed E-state index contributed by atoms with van der Waals surface area (Å²) in [4.78, 5) is 11.6. The number of carbonyl (C=O) groups is 1. The van der Waals surface area contributed by atoms with E-state index < -0.39 is 43.0 Å². The summed E-state index contributed by atoms with van der Waals surface area (Å²) in [6.45, 7) is 27.2. The van der Waals surface area contributed by atoms with Crippen molar-refractivity contribution in [1.82, 2.24) is 0 Å². The molecule has 2 unspecified atom stereocenters. The molecule has 11 heteroatoms. The zero-order valence-electron chi connectivity index (χ0n) is 20.6. The van der Waals surface area contributed by atoms with Crippen LogP contribution in [0.25, 0.3) is 0 Å². The molecule has 0 heterocycles. The molecule has 0 rings (SSSR count). The van der Waals surface area contributed by atoms with E-state index in [1.807, 2.05) is 0 Å². The van der Waals surface area contributed by atoms with Gasteiger partial charge in [0.25, 0.3) is 9.28 Å². The molecule has 0 N–H and O–H groups in total. The molecule has 0 aliphatic rings. The van der Waals surface area contributed by atoms with Crippen molar-refractivity contribution in [3.63, 3.8) is 0 Å². The van der Waals surface area contributed by atoms with Gasteiger partial charge >= 0.3 is 23.1 Å². The molecular formula is C18H44O6Si5. The molecule has 0 aliphatic heterocycles. The van der Waals surface area contributed by atoms with E-state index in [1.54, 1.807) is 6.92 Å². The number of esters is 1. The first kappa shape index (κ1) is 29.1. The Morgan fingerprint density at radius 1 is 0.966 bits per heavy atom. The average Bonchev–Trinajstić information content (AvgIpc) is 2.47. The summed E-state index contributed by atoms with van der Waals surface area (Å²) in [7, 11) is -10.2. The van der Waals surface area contributed by atoms with Crippen molar-refractivity contribution in [2.24, 2.45) is 0 Å². The van der Waals surface area contributed by atoms with E-state index in [0.717, 1.165) is 12.1 Å². The Kier molecular flexibility index (Phi) is 11.7. The minimum absolute atomic E-state index is 0.337. The van der Waals surface area contributed by atoms with E-state index in [2.05, 4.69) is 72.4 Å². The van der Waals surface area contributed by atoms with Crippen LogP contribution >= 0.6 is 0 Å². The molecule has 0 amide bonds. The molecule has 2 atom stereocenters. The van der Waals surface area contributed by atoms with Gasteiger partial charge < -0.3 is 21.2 Å². The summed E-state index contributed by atoms with van der Waals surface area (Å²) in [5.74, 6) is -0.353. The third-order valence-electron chi connectivity index (χ3n) is 4.13. The summed E-state index contributed by atoms with van der Waals surface area (Å²) in [6, 6.07) is 1.78. The minimum atomic E-state index is -2.56. The van der Waals surface area contributed by atoms with Crippen molar-refractivity contribution < 1.29 is 26.0 Å². The molecule has 0 aromatic heterocycles. The van der Waals surface area contributed by atoms with Crippen LogP contribution in [0.1, 0.15) is 20.3 Å². The third kappa shape index (κ3) is 13.9. The third-order valence-corrected chi connectivity index (χ3v) is 22.4. The lowest BCUT2D eigenvalue weighted by molar-refractivity contribution is -0.138. The van der Waals surface area contributed by atoms with E-state index in [9.17, 15) is 4.79 Å². The summed E-state index contributed by atoms with van der Waals surface area (Å²) < 4.78 is 31.2.